The number of benzene rings is 2. The average Bonchev–Trinajstić information content (AvgIpc) is 2.95. The molecule has 0 radical (unpaired) electrons. The van der Waals surface area contributed by atoms with Gasteiger partial charge >= 0.3 is 0 Å². The maximum absolute atomic E-state index is 9.68. The number of hydrogen-bond donors (Lipinski definition) is 2. The molecule has 2 aromatic carbocycles. The Morgan fingerprint density at radius 2 is 0.800 bits per heavy atom. The van der Waals surface area contributed by atoms with Crippen LogP contribution in [-0.4, -0.2) is 13.2 Å². The maximum atomic E-state index is 9.68. The molecule has 8 heteroatoms. The molecule has 8 nitrogen and oxygen atoms in total. The first-order valence-electron chi connectivity index (χ1n) is 12.8. The van der Waals surface area contributed by atoms with Crippen LogP contribution in [0.4, 0.5) is 0 Å². The minimum Gasteiger partial charge on any atom is -0.490 e. The Kier molecular flexibility index (Phi) is 8.24. The molecule has 0 aliphatic carbocycles. The van der Waals surface area contributed by atoms with Crippen LogP contribution in [0, 0.1) is 45.3 Å². The van der Waals surface area contributed by atoms with Gasteiger partial charge in [-0.15, -0.1) is 0 Å². The van der Waals surface area contributed by atoms with E-state index in [2.05, 4.69) is 34.9 Å². The summed E-state index contributed by atoms with van der Waals surface area (Å²) in [6.07, 6.45) is 0. The van der Waals surface area contributed by atoms with Crippen LogP contribution in [0.25, 0.3) is 0 Å². The lowest BCUT2D eigenvalue weighted by Crippen LogP contribution is -2.23. The summed E-state index contributed by atoms with van der Waals surface area (Å²) < 4.78 is 11.7. The lowest BCUT2D eigenvalue weighted by Gasteiger charge is -2.26. The van der Waals surface area contributed by atoms with Crippen molar-refractivity contribution in [1.82, 2.24) is 10.6 Å². The molecule has 2 aromatic rings. The molecule has 40 heavy (non-hydrogen) atoms. The molecule has 0 saturated carbocycles. The predicted octanol–water partition coefficient (Wildman–Crippen LogP) is 5.71. The number of rotatable bonds is 7. The minimum atomic E-state index is -0.409. The average molecular weight is 529 g/mol. The highest BCUT2D eigenvalue weighted by atomic mass is 16.5. The van der Waals surface area contributed by atoms with Crippen LogP contribution in [0.15, 0.2) is 93.6 Å². The van der Waals surface area contributed by atoms with Crippen LogP contribution >= 0.6 is 0 Å². The summed E-state index contributed by atoms with van der Waals surface area (Å²) >= 11 is 0. The number of allylic oxidation sites excluding steroid dienone is 8. The van der Waals surface area contributed by atoms with Gasteiger partial charge in [-0.25, -0.2) is 0 Å². The van der Waals surface area contributed by atoms with Gasteiger partial charge in [0.25, 0.3) is 0 Å². The molecule has 0 unspecified atom stereocenters. The van der Waals surface area contributed by atoms with Crippen molar-refractivity contribution >= 4 is 0 Å². The highest BCUT2D eigenvalue weighted by Crippen LogP contribution is 2.39. The van der Waals surface area contributed by atoms with Gasteiger partial charge in [0.2, 0.25) is 0 Å². The van der Waals surface area contributed by atoms with Crippen molar-refractivity contribution in [2.75, 3.05) is 13.2 Å². The van der Waals surface area contributed by atoms with E-state index in [1.165, 1.54) is 0 Å². The van der Waals surface area contributed by atoms with Crippen LogP contribution in [0.5, 0.6) is 11.5 Å². The number of dihydropyridines is 2. The summed E-state index contributed by atoms with van der Waals surface area (Å²) in [6.45, 7) is 7.98. The van der Waals surface area contributed by atoms with Gasteiger partial charge in [0, 0.05) is 22.8 Å². The zero-order chi connectivity index (χ0) is 28.8. The smallest absolute Gasteiger partial charge is 0.122 e. The summed E-state index contributed by atoms with van der Waals surface area (Å²) in [5, 5.41) is 45.0. The van der Waals surface area contributed by atoms with E-state index >= 15 is 0 Å². The Hall–Kier alpha value is -5.44. The van der Waals surface area contributed by atoms with E-state index in [0.29, 0.717) is 47.0 Å². The molecule has 0 spiro atoms. The summed E-state index contributed by atoms with van der Waals surface area (Å²) in [4.78, 5) is 0. The fraction of sp³-hybridized carbons (Fsp3) is 0.250. The second-order valence-electron chi connectivity index (χ2n) is 9.55. The van der Waals surface area contributed by atoms with Crippen molar-refractivity contribution in [2.45, 2.75) is 39.5 Å². The molecule has 2 heterocycles. The number of nitriles is 4. The van der Waals surface area contributed by atoms with E-state index in [1.807, 2.05) is 76.2 Å². The molecular weight excluding hydrogens is 500 g/mol. The van der Waals surface area contributed by atoms with Crippen LogP contribution in [0.1, 0.15) is 50.7 Å². The normalized spacial score (nSPS) is 15.9. The first kappa shape index (κ1) is 27.6. The molecule has 0 amide bonds. The summed E-state index contributed by atoms with van der Waals surface area (Å²) in [6, 6.07) is 23.8. The minimum absolute atomic E-state index is 0.314. The Balaban J connectivity index is 1.37. The quantitative estimate of drug-likeness (QED) is 0.436. The van der Waals surface area contributed by atoms with E-state index < -0.39 is 11.8 Å². The SMILES string of the molecule is CC1=C(C#N)C(c2ccc(OCCOc3ccc(C4C(C#N)=C(C)NC(C)=C4C#N)cc3)cc2)C(C#N)=C(C)N1. The number of hydrogen-bond acceptors (Lipinski definition) is 8. The van der Waals surface area contributed by atoms with Crippen molar-refractivity contribution in [3.8, 4) is 35.8 Å². The lowest BCUT2D eigenvalue weighted by molar-refractivity contribution is 0.217. The summed E-state index contributed by atoms with van der Waals surface area (Å²) in [5.41, 5.74) is 6.80. The largest absolute Gasteiger partial charge is 0.490 e. The number of ether oxygens (including phenoxy) is 2. The van der Waals surface area contributed by atoms with Gasteiger partial charge in [0.1, 0.15) is 24.7 Å². The highest BCUT2D eigenvalue weighted by molar-refractivity contribution is 5.56. The molecule has 0 aromatic heterocycles. The van der Waals surface area contributed by atoms with Crippen LogP contribution in [0.3, 0.4) is 0 Å². The van der Waals surface area contributed by atoms with E-state index in [1.54, 1.807) is 0 Å². The maximum Gasteiger partial charge on any atom is 0.122 e. The molecule has 2 aliphatic rings. The third-order valence-corrected chi connectivity index (χ3v) is 7.05. The first-order valence-corrected chi connectivity index (χ1v) is 12.8. The zero-order valence-corrected chi connectivity index (χ0v) is 22.8. The van der Waals surface area contributed by atoms with E-state index in [0.717, 1.165) is 33.9 Å². The lowest BCUT2D eigenvalue weighted by atomic mass is 9.81. The van der Waals surface area contributed by atoms with Crippen LogP contribution in [-0.2, 0) is 0 Å². The zero-order valence-electron chi connectivity index (χ0n) is 22.8. The van der Waals surface area contributed by atoms with Crippen LogP contribution < -0.4 is 20.1 Å². The van der Waals surface area contributed by atoms with Crippen molar-refractivity contribution in [1.29, 1.82) is 21.0 Å². The fourth-order valence-corrected chi connectivity index (χ4v) is 5.08. The van der Waals surface area contributed by atoms with Gasteiger partial charge in [0.05, 0.1) is 58.4 Å². The molecule has 0 bridgehead atoms. The molecule has 2 N–H and O–H groups in total. The summed E-state index contributed by atoms with van der Waals surface area (Å²) in [5.74, 6) is 0.485. The molecular formula is C32H28N6O2. The van der Waals surface area contributed by atoms with E-state index in [9.17, 15) is 21.0 Å². The van der Waals surface area contributed by atoms with Crippen LogP contribution in [0.2, 0.25) is 0 Å². The fourth-order valence-electron chi connectivity index (χ4n) is 5.08. The Morgan fingerprint density at radius 3 is 1.05 bits per heavy atom. The molecule has 0 fully saturated rings. The first-order chi connectivity index (χ1) is 19.3. The third-order valence-electron chi connectivity index (χ3n) is 7.05. The monoisotopic (exact) mass is 528 g/mol. The molecule has 198 valence electrons. The standard InChI is InChI=1S/C32H28N6O2/c1-19-27(15-33)31(28(16-34)20(2)37-19)23-5-9-25(10-6-23)39-13-14-40-26-11-7-24(8-12-26)32-29(17-35)21(3)38-22(4)30(32)18-36/h5-12,31-32,37-38H,13-14H2,1-4H3. The van der Waals surface area contributed by atoms with E-state index in [-0.39, 0.29) is 0 Å². The van der Waals surface area contributed by atoms with Crippen molar-refractivity contribution in [2.24, 2.45) is 0 Å². The molecule has 0 atom stereocenters. The summed E-state index contributed by atoms with van der Waals surface area (Å²) in [7, 11) is 0. The highest BCUT2D eigenvalue weighted by Gasteiger charge is 2.30. The number of nitrogens with zero attached hydrogens (tertiary/aromatic N) is 4. The second kappa shape index (κ2) is 12.0. The van der Waals surface area contributed by atoms with Gasteiger partial charge in [-0.2, -0.15) is 21.0 Å². The predicted molar refractivity (Wildman–Crippen MR) is 149 cm³/mol. The van der Waals surface area contributed by atoms with E-state index in [4.69, 9.17) is 9.47 Å². The molecule has 4 rings (SSSR count). The Labute approximate surface area is 234 Å². The third kappa shape index (κ3) is 5.39. The Morgan fingerprint density at radius 1 is 0.525 bits per heavy atom. The van der Waals surface area contributed by atoms with Crippen molar-refractivity contribution in [3.63, 3.8) is 0 Å². The Bertz CT molecular complexity index is 1420. The topological polar surface area (TPSA) is 138 Å². The molecule has 0 saturated heterocycles. The van der Waals surface area contributed by atoms with Gasteiger partial charge in [-0.3, -0.25) is 0 Å². The second-order valence-corrected chi connectivity index (χ2v) is 9.55. The molecule has 2 aliphatic heterocycles. The van der Waals surface area contributed by atoms with Crippen molar-refractivity contribution < 1.29 is 9.47 Å². The van der Waals surface area contributed by atoms with Gasteiger partial charge in [-0.1, -0.05) is 24.3 Å². The van der Waals surface area contributed by atoms with Gasteiger partial charge in [-0.05, 0) is 63.1 Å². The number of nitrogens with one attached hydrogen (secondary N) is 2. The van der Waals surface area contributed by atoms with Gasteiger partial charge < -0.3 is 20.1 Å². The van der Waals surface area contributed by atoms with Crippen molar-refractivity contribution in [3.05, 3.63) is 105 Å². The van der Waals surface area contributed by atoms with Gasteiger partial charge in [0.15, 0.2) is 0 Å².